The van der Waals surface area contributed by atoms with Gasteiger partial charge >= 0.3 is 0 Å². The highest BCUT2D eigenvalue weighted by Gasteiger charge is 2.11. The highest BCUT2D eigenvalue weighted by atomic mass is 127. The third kappa shape index (κ3) is 4.82. The number of rotatable bonds is 6. The second-order valence-electron chi connectivity index (χ2n) is 5.76. The van der Waals surface area contributed by atoms with Crippen molar-refractivity contribution in [2.24, 2.45) is 0 Å². The molecule has 0 aliphatic rings. The molecule has 0 aromatic heterocycles. The lowest BCUT2D eigenvalue weighted by Crippen LogP contribution is -2.22. The van der Waals surface area contributed by atoms with Crippen LogP contribution in [0, 0.1) is 3.57 Å². The summed E-state index contributed by atoms with van der Waals surface area (Å²) in [6.45, 7) is 7.63. The maximum Gasteiger partial charge on any atom is 0.0360 e. The average Bonchev–Trinajstić information content (AvgIpc) is 2.48. The summed E-state index contributed by atoms with van der Waals surface area (Å²) < 4.78 is 1.29. The van der Waals surface area contributed by atoms with Crippen molar-refractivity contribution in [3.8, 4) is 0 Å². The van der Waals surface area contributed by atoms with E-state index in [1.807, 2.05) is 0 Å². The molecule has 0 saturated carbocycles. The Bertz CT molecular complexity index is 543. The average molecular weight is 393 g/mol. The molecular formula is C19H24IN. The topological polar surface area (TPSA) is 12.0 Å². The molecule has 2 aromatic rings. The van der Waals surface area contributed by atoms with Crippen molar-refractivity contribution in [2.75, 3.05) is 6.54 Å². The molecule has 1 N–H and O–H groups in total. The predicted molar refractivity (Wildman–Crippen MR) is 99.8 cm³/mol. The fourth-order valence-electron chi connectivity index (χ4n) is 2.52. The van der Waals surface area contributed by atoms with Crippen molar-refractivity contribution < 1.29 is 0 Å². The van der Waals surface area contributed by atoms with E-state index in [-0.39, 0.29) is 0 Å². The minimum absolute atomic E-state index is 0.386. The van der Waals surface area contributed by atoms with Gasteiger partial charge in [-0.25, -0.2) is 0 Å². The molecule has 0 radical (unpaired) electrons. The molecule has 2 rings (SSSR count). The lowest BCUT2D eigenvalue weighted by atomic mass is 9.96. The van der Waals surface area contributed by atoms with Crippen LogP contribution in [0.15, 0.2) is 48.5 Å². The quantitative estimate of drug-likeness (QED) is 0.656. The van der Waals surface area contributed by atoms with E-state index < -0.39 is 0 Å². The van der Waals surface area contributed by atoms with Crippen LogP contribution < -0.4 is 5.32 Å². The van der Waals surface area contributed by atoms with Gasteiger partial charge in [-0.3, -0.25) is 0 Å². The van der Waals surface area contributed by atoms with E-state index in [1.54, 1.807) is 0 Å². The summed E-state index contributed by atoms with van der Waals surface area (Å²) in [6, 6.07) is 18.3. The van der Waals surface area contributed by atoms with Gasteiger partial charge in [0.25, 0.3) is 0 Å². The van der Waals surface area contributed by atoms with E-state index >= 15 is 0 Å². The molecule has 0 heterocycles. The summed E-state index contributed by atoms with van der Waals surface area (Å²) in [5, 5.41) is 3.60. The van der Waals surface area contributed by atoms with Gasteiger partial charge in [0.1, 0.15) is 0 Å². The van der Waals surface area contributed by atoms with Crippen LogP contribution in [0.4, 0.5) is 0 Å². The van der Waals surface area contributed by atoms with Crippen LogP contribution >= 0.6 is 22.6 Å². The lowest BCUT2D eigenvalue weighted by molar-refractivity contribution is 0.549. The van der Waals surface area contributed by atoms with Crippen LogP contribution in [0.3, 0.4) is 0 Å². The van der Waals surface area contributed by atoms with Gasteiger partial charge in [0.2, 0.25) is 0 Å². The Hall–Kier alpha value is -0.870. The van der Waals surface area contributed by atoms with Gasteiger partial charge in [0.05, 0.1) is 0 Å². The fraction of sp³-hybridized carbons (Fsp3) is 0.368. The maximum absolute atomic E-state index is 3.60. The fourth-order valence-corrected chi connectivity index (χ4v) is 2.88. The lowest BCUT2D eigenvalue weighted by Gasteiger charge is -2.19. The Morgan fingerprint density at radius 1 is 0.905 bits per heavy atom. The monoisotopic (exact) mass is 393 g/mol. The van der Waals surface area contributed by atoms with Gasteiger partial charge in [0.15, 0.2) is 0 Å². The number of halogens is 1. The highest BCUT2D eigenvalue weighted by Crippen LogP contribution is 2.21. The second-order valence-corrected chi connectivity index (χ2v) is 7.01. The van der Waals surface area contributed by atoms with E-state index in [1.165, 1.54) is 20.3 Å². The molecule has 1 nitrogen and oxygen atoms in total. The molecule has 2 aromatic carbocycles. The Morgan fingerprint density at radius 3 is 2.00 bits per heavy atom. The second kappa shape index (κ2) is 7.95. The Labute approximate surface area is 142 Å². The number of hydrogen-bond acceptors (Lipinski definition) is 1. The van der Waals surface area contributed by atoms with Crippen LogP contribution in [0.2, 0.25) is 0 Å². The molecule has 0 fully saturated rings. The molecular weight excluding hydrogens is 369 g/mol. The van der Waals surface area contributed by atoms with E-state index in [4.69, 9.17) is 0 Å². The molecule has 0 amide bonds. The third-order valence-corrected chi connectivity index (χ3v) is 4.53. The first-order chi connectivity index (χ1) is 10.1. The van der Waals surface area contributed by atoms with Crippen LogP contribution in [-0.2, 0) is 6.42 Å². The number of likely N-dealkylation sites (N-methyl/N-ethyl adjacent to an activating group) is 1. The van der Waals surface area contributed by atoms with Gasteiger partial charge in [-0.1, -0.05) is 57.2 Å². The molecule has 0 spiro atoms. The molecule has 21 heavy (non-hydrogen) atoms. The maximum atomic E-state index is 3.60. The minimum atomic E-state index is 0.386. The molecule has 2 heteroatoms. The number of benzene rings is 2. The first kappa shape index (κ1) is 16.5. The van der Waals surface area contributed by atoms with Crippen molar-refractivity contribution in [3.63, 3.8) is 0 Å². The summed E-state index contributed by atoms with van der Waals surface area (Å²) in [5.74, 6) is 0.597. The summed E-state index contributed by atoms with van der Waals surface area (Å²) in [6.07, 6.45) is 1.03. The van der Waals surface area contributed by atoms with Gasteiger partial charge in [0, 0.05) is 9.61 Å². The summed E-state index contributed by atoms with van der Waals surface area (Å²) in [7, 11) is 0. The van der Waals surface area contributed by atoms with E-state index in [9.17, 15) is 0 Å². The standard InChI is InChI=1S/C19H24IN/c1-4-21-19(17-9-11-18(20)12-10-17)13-15-5-7-16(8-6-15)14(2)3/h5-12,14,19,21H,4,13H2,1-3H3. The van der Waals surface area contributed by atoms with E-state index in [0.29, 0.717) is 12.0 Å². The molecule has 1 unspecified atom stereocenters. The van der Waals surface area contributed by atoms with Gasteiger partial charge in [-0.15, -0.1) is 0 Å². The van der Waals surface area contributed by atoms with Crippen LogP contribution in [0.25, 0.3) is 0 Å². The molecule has 0 aliphatic heterocycles. The zero-order valence-electron chi connectivity index (χ0n) is 13.1. The van der Waals surface area contributed by atoms with Crippen molar-refractivity contribution in [1.82, 2.24) is 5.32 Å². The summed E-state index contributed by atoms with van der Waals surface area (Å²) in [4.78, 5) is 0. The zero-order valence-corrected chi connectivity index (χ0v) is 15.2. The van der Waals surface area contributed by atoms with Crippen molar-refractivity contribution in [2.45, 2.75) is 39.2 Å². The Balaban J connectivity index is 2.13. The molecule has 1 atom stereocenters. The Kier molecular flexibility index (Phi) is 6.24. The van der Waals surface area contributed by atoms with Crippen molar-refractivity contribution in [3.05, 3.63) is 68.8 Å². The van der Waals surface area contributed by atoms with Crippen LogP contribution in [0.5, 0.6) is 0 Å². The molecule has 0 aliphatic carbocycles. The SMILES string of the molecule is CCNC(Cc1ccc(C(C)C)cc1)c1ccc(I)cc1. The number of hydrogen-bond donors (Lipinski definition) is 1. The van der Waals surface area contributed by atoms with E-state index in [0.717, 1.165) is 13.0 Å². The number of nitrogens with one attached hydrogen (secondary N) is 1. The Morgan fingerprint density at radius 2 is 1.48 bits per heavy atom. The van der Waals surface area contributed by atoms with Gasteiger partial charge in [-0.2, -0.15) is 0 Å². The minimum Gasteiger partial charge on any atom is -0.310 e. The first-order valence-electron chi connectivity index (χ1n) is 7.67. The summed E-state index contributed by atoms with van der Waals surface area (Å²) >= 11 is 2.35. The molecule has 112 valence electrons. The summed E-state index contributed by atoms with van der Waals surface area (Å²) in [5.41, 5.74) is 4.17. The van der Waals surface area contributed by atoms with Crippen LogP contribution in [0.1, 0.15) is 49.4 Å². The molecule has 0 saturated heterocycles. The van der Waals surface area contributed by atoms with Crippen LogP contribution in [-0.4, -0.2) is 6.54 Å². The third-order valence-electron chi connectivity index (χ3n) is 3.81. The smallest absolute Gasteiger partial charge is 0.0360 e. The largest absolute Gasteiger partial charge is 0.310 e. The van der Waals surface area contributed by atoms with Crippen molar-refractivity contribution in [1.29, 1.82) is 0 Å². The molecule has 0 bridgehead atoms. The van der Waals surface area contributed by atoms with Gasteiger partial charge < -0.3 is 5.32 Å². The van der Waals surface area contributed by atoms with Crippen molar-refractivity contribution >= 4 is 22.6 Å². The predicted octanol–water partition coefficient (Wildman–Crippen LogP) is 5.31. The highest BCUT2D eigenvalue weighted by molar-refractivity contribution is 14.1. The zero-order chi connectivity index (χ0) is 15.2. The first-order valence-corrected chi connectivity index (χ1v) is 8.75. The van der Waals surface area contributed by atoms with Gasteiger partial charge in [-0.05, 0) is 70.3 Å². The normalized spacial score (nSPS) is 12.6. The van der Waals surface area contributed by atoms with E-state index in [2.05, 4.69) is 97.2 Å².